The van der Waals surface area contributed by atoms with E-state index in [0.29, 0.717) is 6.42 Å². The zero-order chi connectivity index (χ0) is 10.7. The summed E-state index contributed by atoms with van der Waals surface area (Å²) in [5.74, 6) is -0.797. The Labute approximate surface area is 84.5 Å². The molecule has 2 N–H and O–H groups in total. The van der Waals surface area contributed by atoms with Crippen LogP contribution in [0.15, 0.2) is 0 Å². The van der Waals surface area contributed by atoms with E-state index in [9.17, 15) is 9.90 Å². The van der Waals surface area contributed by atoms with E-state index >= 15 is 0 Å². The number of hydrogen-bond acceptors (Lipinski definition) is 3. The molecule has 0 radical (unpaired) electrons. The molecule has 0 saturated heterocycles. The van der Waals surface area contributed by atoms with Gasteiger partial charge >= 0.3 is 5.97 Å². The molecule has 1 rings (SSSR count). The van der Waals surface area contributed by atoms with E-state index in [1.807, 2.05) is 6.92 Å². The fourth-order valence-electron chi connectivity index (χ4n) is 2.26. The van der Waals surface area contributed by atoms with Crippen molar-refractivity contribution in [3.8, 4) is 0 Å². The lowest BCUT2D eigenvalue weighted by Crippen LogP contribution is -2.47. The highest BCUT2D eigenvalue weighted by atomic mass is 16.4. The van der Waals surface area contributed by atoms with Crippen molar-refractivity contribution in [2.45, 2.75) is 50.8 Å². The standard InChI is InChI=1S/C10H19NO3/c1-3-7(10(13)14)11(2)8-5-4-6-9(8)12/h7-9,12H,3-6H2,1-2H3,(H,13,14). The Morgan fingerprint density at radius 1 is 1.57 bits per heavy atom. The normalized spacial score (nSPS) is 29.4. The molecule has 3 atom stereocenters. The Kier molecular flexibility index (Phi) is 3.89. The highest BCUT2D eigenvalue weighted by Crippen LogP contribution is 2.25. The first-order chi connectivity index (χ1) is 6.57. The van der Waals surface area contributed by atoms with Crippen LogP contribution in [0, 0.1) is 0 Å². The number of nitrogens with zero attached hydrogens (tertiary/aromatic N) is 1. The summed E-state index contributed by atoms with van der Waals surface area (Å²) in [6.45, 7) is 1.86. The van der Waals surface area contributed by atoms with Gasteiger partial charge in [0, 0.05) is 6.04 Å². The van der Waals surface area contributed by atoms with Gasteiger partial charge in [-0.2, -0.15) is 0 Å². The lowest BCUT2D eigenvalue weighted by atomic mass is 10.1. The maximum Gasteiger partial charge on any atom is 0.320 e. The smallest absolute Gasteiger partial charge is 0.320 e. The summed E-state index contributed by atoms with van der Waals surface area (Å²) >= 11 is 0. The first-order valence-electron chi connectivity index (χ1n) is 5.20. The minimum Gasteiger partial charge on any atom is -0.480 e. The van der Waals surface area contributed by atoms with Gasteiger partial charge < -0.3 is 10.2 Å². The number of aliphatic hydroxyl groups excluding tert-OH is 1. The number of hydrogen-bond donors (Lipinski definition) is 2. The second-order valence-corrected chi connectivity index (χ2v) is 3.99. The number of likely N-dealkylation sites (N-methyl/N-ethyl adjacent to an activating group) is 1. The molecule has 82 valence electrons. The highest BCUT2D eigenvalue weighted by molar-refractivity contribution is 5.73. The maximum absolute atomic E-state index is 10.9. The molecule has 0 aromatic carbocycles. The molecule has 1 saturated carbocycles. The van der Waals surface area contributed by atoms with Crippen molar-refractivity contribution in [1.29, 1.82) is 0 Å². The number of aliphatic hydroxyl groups is 1. The van der Waals surface area contributed by atoms with Crippen molar-refractivity contribution in [3.05, 3.63) is 0 Å². The van der Waals surface area contributed by atoms with Gasteiger partial charge in [-0.25, -0.2) is 0 Å². The number of carboxylic acid groups (broad SMARTS) is 1. The molecular weight excluding hydrogens is 182 g/mol. The molecule has 4 nitrogen and oxygen atoms in total. The average molecular weight is 201 g/mol. The quantitative estimate of drug-likeness (QED) is 0.702. The van der Waals surface area contributed by atoms with Crippen LogP contribution in [-0.4, -0.2) is 46.3 Å². The van der Waals surface area contributed by atoms with E-state index in [0.717, 1.165) is 19.3 Å². The van der Waals surface area contributed by atoms with Crippen LogP contribution in [0.1, 0.15) is 32.6 Å². The molecular formula is C10H19NO3. The van der Waals surface area contributed by atoms with Gasteiger partial charge in [-0.15, -0.1) is 0 Å². The largest absolute Gasteiger partial charge is 0.480 e. The van der Waals surface area contributed by atoms with E-state index < -0.39 is 12.0 Å². The molecule has 0 amide bonds. The van der Waals surface area contributed by atoms with Crippen LogP contribution in [0.5, 0.6) is 0 Å². The SMILES string of the molecule is CCC(C(=O)O)N(C)C1CCCC1O. The molecule has 1 fully saturated rings. The Balaban J connectivity index is 2.61. The lowest BCUT2D eigenvalue weighted by Gasteiger charge is -2.31. The van der Waals surface area contributed by atoms with E-state index in [2.05, 4.69) is 0 Å². The molecule has 0 heterocycles. The lowest BCUT2D eigenvalue weighted by molar-refractivity contribution is -0.144. The van der Waals surface area contributed by atoms with Gasteiger partial charge in [0.25, 0.3) is 0 Å². The summed E-state index contributed by atoms with van der Waals surface area (Å²) in [6, 6.07) is -0.441. The Bertz CT molecular complexity index is 208. The second kappa shape index (κ2) is 4.75. The fourth-order valence-corrected chi connectivity index (χ4v) is 2.26. The van der Waals surface area contributed by atoms with Crippen molar-refractivity contribution < 1.29 is 15.0 Å². The van der Waals surface area contributed by atoms with Gasteiger partial charge in [0.1, 0.15) is 6.04 Å². The van der Waals surface area contributed by atoms with Gasteiger partial charge in [0.2, 0.25) is 0 Å². The topological polar surface area (TPSA) is 60.8 Å². The summed E-state index contributed by atoms with van der Waals surface area (Å²) < 4.78 is 0. The Morgan fingerprint density at radius 3 is 2.57 bits per heavy atom. The summed E-state index contributed by atoms with van der Waals surface area (Å²) in [4.78, 5) is 12.7. The summed E-state index contributed by atoms with van der Waals surface area (Å²) in [7, 11) is 1.79. The van der Waals surface area contributed by atoms with Crippen molar-refractivity contribution in [2.24, 2.45) is 0 Å². The van der Waals surface area contributed by atoms with Crippen LogP contribution < -0.4 is 0 Å². The monoisotopic (exact) mass is 201 g/mol. The molecule has 0 aromatic rings. The zero-order valence-electron chi connectivity index (χ0n) is 8.81. The van der Waals surface area contributed by atoms with Crippen molar-refractivity contribution in [2.75, 3.05) is 7.05 Å². The van der Waals surface area contributed by atoms with Crippen LogP contribution in [0.4, 0.5) is 0 Å². The Hall–Kier alpha value is -0.610. The Morgan fingerprint density at radius 2 is 2.21 bits per heavy atom. The van der Waals surface area contributed by atoms with E-state index in [-0.39, 0.29) is 12.1 Å². The minimum atomic E-state index is -0.797. The maximum atomic E-state index is 10.9. The molecule has 1 aliphatic rings. The number of carboxylic acids is 1. The fraction of sp³-hybridized carbons (Fsp3) is 0.900. The summed E-state index contributed by atoms with van der Waals surface area (Å²) in [5.41, 5.74) is 0. The van der Waals surface area contributed by atoms with E-state index in [1.54, 1.807) is 11.9 Å². The molecule has 0 spiro atoms. The highest BCUT2D eigenvalue weighted by Gasteiger charge is 2.34. The van der Waals surface area contributed by atoms with E-state index in [1.165, 1.54) is 0 Å². The van der Waals surface area contributed by atoms with E-state index in [4.69, 9.17) is 5.11 Å². The number of carbonyl (C=O) groups is 1. The molecule has 4 heteroatoms. The van der Waals surface area contributed by atoms with Crippen LogP contribution >= 0.6 is 0 Å². The molecule has 3 unspecified atom stereocenters. The van der Waals surface area contributed by atoms with Crippen LogP contribution in [0.2, 0.25) is 0 Å². The summed E-state index contributed by atoms with van der Waals surface area (Å²) in [6.07, 6.45) is 2.92. The molecule has 0 bridgehead atoms. The van der Waals surface area contributed by atoms with Gasteiger partial charge in [-0.3, -0.25) is 9.69 Å². The third-order valence-electron chi connectivity index (χ3n) is 3.13. The van der Waals surface area contributed by atoms with Gasteiger partial charge in [-0.1, -0.05) is 6.92 Å². The predicted molar refractivity (Wildman–Crippen MR) is 53.1 cm³/mol. The van der Waals surface area contributed by atoms with Crippen LogP contribution in [-0.2, 0) is 4.79 Å². The number of aliphatic carboxylic acids is 1. The first kappa shape index (κ1) is 11.5. The molecule has 1 aliphatic carbocycles. The average Bonchev–Trinajstić information content (AvgIpc) is 2.51. The minimum absolute atomic E-state index is 0.0241. The summed E-state index contributed by atoms with van der Waals surface area (Å²) in [5, 5.41) is 18.6. The zero-order valence-corrected chi connectivity index (χ0v) is 8.81. The molecule has 0 aromatic heterocycles. The van der Waals surface area contributed by atoms with Crippen LogP contribution in [0.25, 0.3) is 0 Å². The molecule has 0 aliphatic heterocycles. The third-order valence-corrected chi connectivity index (χ3v) is 3.13. The van der Waals surface area contributed by atoms with Gasteiger partial charge in [-0.05, 0) is 32.7 Å². The van der Waals surface area contributed by atoms with Crippen molar-refractivity contribution in [3.63, 3.8) is 0 Å². The van der Waals surface area contributed by atoms with Crippen molar-refractivity contribution in [1.82, 2.24) is 4.90 Å². The van der Waals surface area contributed by atoms with Gasteiger partial charge in [0.15, 0.2) is 0 Å². The van der Waals surface area contributed by atoms with Crippen LogP contribution in [0.3, 0.4) is 0 Å². The molecule has 14 heavy (non-hydrogen) atoms. The predicted octanol–water partition coefficient (Wildman–Crippen LogP) is 0.695. The number of rotatable bonds is 4. The first-order valence-corrected chi connectivity index (χ1v) is 5.20. The van der Waals surface area contributed by atoms with Crippen molar-refractivity contribution >= 4 is 5.97 Å². The second-order valence-electron chi connectivity index (χ2n) is 3.99. The third kappa shape index (κ3) is 2.25. The van der Waals surface area contributed by atoms with Gasteiger partial charge in [0.05, 0.1) is 6.10 Å².